The molecule has 0 saturated carbocycles. The fourth-order valence-corrected chi connectivity index (χ4v) is 2.26. The summed E-state index contributed by atoms with van der Waals surface area (Å²) in [7, 11) is 0. The van der Waals surface area contributed by atoms with Crippen LogP contribution >= 0.6 is 15.9 Å². The van der Waals surface area contributed by atoms with Crippen molar-refractivity contribution < 1.29 is 9.90 Å². The Labute approximate surface area is 155 Å². The summed E-state index contributed by atoms with van der Waals surface area (Å²) in [5, 5.41) is 12.7. The molecule has 2 atom stereocenters. The Kier molecular flexibility index (Phi) is 16.1. The molecule has 138 valence electrons. The van der Waals surface area contributed by atoms with Gasteiger partial charge in [0.1, 0.15) is 6.10 Å². The number of hydrogen-bond donors (Lipinski definition) is 3. The van der Waals surface area contributed by atoms with E-state index in [2.05, 4.69) is 48.3 Å². The molecule has 1 amide bonds. The van der Waals surface area contributed by atoms with Gasteiger partial charge in [0.05, 0.1) is 0 Å². The lowest BCUT2D eigenvalue weighted by Crippen LogP contribution is -2.47. The van der Waals surface area contributed by atoms with E-state index in [0.717, 1.165) is 16.5 Å². The fourth-order valence-electron chi connectivity index (χ4n) is 1.81. The van der Waals surface area contributed by atoms with Crippen LogP contribution in [0.4, 0.5) is 0 Å². The zero-order valence-corrected chi connectivity index (χ0v) is 17.0. The predicted molar refractivity (Wildman–Crippen MR) is 107 cm³/mol. The highest BCUT2D eigenvalue weighted by molar-refractivity contribution is 9.10. The second-order valence-corrected chi connectivity index (χ2v) is 6.23. The van der Waals surface area contributed by atoms with Crippen LogP contribution in [0.2, 0.25) is 0 Å². The molecule has 0 aliphatic rings. The van der Waals surface area contributed by atoms with Gasteiger partial charge in [-0.1, -0.05) is 61.8 Å². The van der Waals surface area contributed by atoms with Crippen LogP contribution in [0.1, 0.15) is 39.7 Å². The minimum Gasteiger partial charge on any atom is -0.382 e. The first kappa shape index (κ1) is 25.1. The van der Waals surface area contributed by atoms with E-state index in [9.17, 15) is 9.90 Å². The van der Waals surface area contributed by atoms with Gasteiger partial charge in [-0.3, -0.25) is 4.79 Å². The zero-order chi connectivity index (χ0) is 19.1. The standard InChI is InChI=1S/C15H23BrN2O2.C2H6.C2H4/c1-10(2)7-8-18-15(20)14(19)13(17)9-11-5-3-4-6-12(11)16;2*1-2/h3-6,10,13-14,19H,7-9,17H2,1-2H3,(H,18,20);1-2H3;1-2H2. The Morgan fingerprint density at radius 3 is 2.33 bits per heavy atom. The number of carbonyl (C=O) groups is 1. The number of aliphatic hydroxyl groups is 1. The van der Waals surface area contributed by atoms with E-state index < -0.39 is 18.1 Å². The second-order valence-electron chi connectivity index (χ2n) is 5.38. The quantitative estimate of drug-likeness (QED) is 0.611. The van der Waals surface area contributed by atoms with Crippen LogP contribution < -0.4 is 11.1 Å². The molecular formula is C19H33BrN2O2. The third-order valence-electron chi connectivity index (χ3n) is 3.11. The Bertz CT molecular complexity index is 453. The lowest BCUT2D eigenvalue weighted by atomic mass is 10.0. The minimum absolute atomic E-state index is 0.398. The molecule has 0 bridgehead atoms. The Balaban J connectivity index is 0. The summed E-state index contributed by atoms with van der Waals surface area (Å²) in [6, 6.07) is 7.04. The number of amides is 1. The molecule has 0 heterocycles. The third-order valence-corrected chi connectivity index (χ3v) is 3.88. The number of nitrogens with two attached hydrogens (primary N) is 1. The number of carbonyl (C=O) groups excluding carboxylic acids is 1. The highest BCUT2D eigenvalue weighted by Gasteiger charge is 2.23. The van der Waals surface area contributed by atoms with E-state index in [1.165, 1.54) is 0 Å². The van der Waals surface area contributed by atoms with Crippen molar-refractivity contribution in [2.75, 3.05) is 6.54 Å². The van der Waals surface area contributed by atoms with Gasteiger partial charge in [-0.15, -0.1) is 13.2 Å². The molecule has 2 unspecified atom stereocenters. The Morgan fingerprint density at radius 1 is 1.29 bits per heavy atom. The van der Waals surface area contributed by atoms with Gasteiger partial charge in [-0.2, -0.15) is 0 Å². The van der Waals surface area contributed by atoms with Crippen molar-refractivity contribution in [1.82, 2.24) is 5.32 Å². The molecule has 4 N–H and O–H groups in total. The summed E-state index contributed by atoms with van der Waals surface area (Å²) in [6.07, 6.45) is 0.146. The van der Waals surface area contributed by atoms with E-state index in [0.29, 0.717) is 18.9 Å². The van der Waals surface area contributed by atoms with Crippen LogP contribution in [0.5, 0.6) is 0 Å². The van der Waals surface area contributed by atoms with Crippen LogP contribution in [0.3, 0.4) is 0 Å². The molecule has 1 rings (SSSR count). The molecule has 1 aromatic rings. The van der Waals surface area contributed by atoms with Gasteiger partial charge in [-0.05, 0) is 30.4 Å². The number of rotatable bonds is 7. The molecule has 1 aromatic carbocycles. The summed E-state index contributed by atoms with van der Waals surface area (Å²) in [6.45, 7) is 14.7. The van der Waals surface area contributed by atoms with Crippen molar-refractivity contribution in [3.05, 3.63) is 47.5 Å². The van der Waals surface area contributed by atoms with Gasteiger partial charge in [0.2, 0.25) is 5.91 Å². The number of halogens is 1. The summed E-state index contributed by atoms with van der Waals surface area (Å²) >= 11 is 3.43. The third kappa shape index (κ3) is 10.6. The summed E-state index contributed by atoms with van der Waals surface area (Å²) in [4.78, 5) is 11.8. The van der Waals surface area contributed by atoms with Crippen molar-refractivity contribution in [1.29, 1.82) is 0 Å². The van der Waals surface area contributed by atoms with Crippen LogP contribution in [0.15, 0.2) is 41.9 Å². The average Bonchev–Trinajstić information content (AvgIpc) is 2.59. The molecule has 0 spiro atoms. The first-order valence-electron chi connectivity index (χ1n) is 8.36. The fraction of sp³-hybridized carbons (Fsp3) is 0.526. The molecule has 5 heteroatoms. The Morgan fingerprint density at radius 2 is 1.83 bits per heavy atom. The van der Waals surface area contributed by atoms with Crippen molar-refractivity contribution >= 4 is 21.8 Å². The molecule has 0 fully saturated rings. The van der Waals surface area contributed by atoms with Gasteiger partial charge in [0.15, 0.2) is 0 Å². The number of aliphatic hydroxyl groups excluding tert-OH is 1. The van der Waals surface area contributed by atoms with Crippen molar-refractivity contribution in [3.63, 3.8) is 0 Å². The highest BCUT2D eigenvalue weighted by atomic mass is 79.9. The topological polar surface area (TPSA) is 75.3 Å². The zero-order valence-electron chi connectivity index (χ0n) is 15.4. The molecule has 0 aromatic heterocycles. The van der Waals surface area contributed by atoms with Gasteiger partial charge in [0.25, 0.3) is 0 Å². The monoisotopic (exact) mass is 400 g/mol. The second kappa shape index (κ2) is 15.4. The largest absolute Gasteiger partial charge is 0.382 e. The van der Waals surface area contributed by atoms with Crippen LogP contribution in [0, 0.1) is 5.92 Å². The number of nitrogens with one attached hydrogen (secondary N) is 1. The first-order chi connectivity index (χ1) is 11.4. The normalized spacial score (nSPS) is 12.2. The molecule has 0 saturated heterocycles. The first-order valence-corrected chi connectivity index (χ1v) is 9.16. The number of benzene rings is 1. The lowest BCUT2D eigenvalue weighted by Gasteiger charge is -2.19. The molecule has 0 radical (unpaired) electrons. The molecule has 0 aliphatic carbocycles. The van der Waals surface area contributed by atoms with E-state index in [4.69, 9.17) is 5.73 Å². The van der Waals surface area contributed by atoms with Gasteiger partial charge >= 0.3 is 0 Å². The highest BCUT2D eigenvalue weighted by Crippen LogP contribution is 2.17. The van der Waals surface area contributed by atoms with Gasteiger partial charge in [-0.25, -0.2) is 0 Å². The predicted octanol–water partition coefficient (Wildman–Crippen LogP) is 3.67. The van der Waals surface area contributed by atoms with Crippen molar-refractivity contribution in [3.8, 4) is 0 Å². The molecule has 4 nitrogen and oxygen atoms in total. The average molecular weight is 401 g/mol. The van der Waals surface area contributed by atoms with Gasteiger partial charge in [0, 0.05) is 17.1 Å². The van der Waals surface area contributed by atoms with Gasteiger partial charge < -0.3 is 16.2 Å². The number of hydrogen-bond acceptors (Lipinski definition) is 3. The van der Waals surface area contributed by atoms with E-state index in [1.54, 1.807) is 0 Å². The summed E-state index contributed by atoms with van der Waals surface area (Å²) in [5.41, 5.74) is 6.90. The van der Waals surface area contributed by atoms with Crippen LogP contribution in [-0.2, 0) is 11.2 Å². The van der Waals surface area contributed by atoms with E-state index >= 15 is 0 Å². The molecular weight excluding hydrogens is 368 g/mol. The van der Waals surface area contributed by atoms with E-state index in [-0.39, 0.29) is 0 Å². The molecule has 0 aliphatic heterocycles. The van der Waals surface area contributed by atoms with E-state index in [1.807, 2.05) is 38.1 Å². The molecule has 24 heavy (non-hydrogen) atoms. The smallest absolute Gasteiger partial charge is 0.250 e. The maximum Gasteiger partial charge on any atom is 0.250 e. The SMILES string of the molecule is C=C.CC.CC(C)CCNC(=O)C(O)C(N)Cc1ccccc1Br. The van der Waals surface area contributed by atoms with Crippen LogP contribution in [0.25, 0.3) is 0 Å². The van der Waals surface area contributed by atoms with Crippen molar-refractivity contribution in [2.24, 2.45) is 11.7 Å². The summed E-state index contributed by atoms with van der Waals surface area (Å²) < 4.78 is 0.933. The lowest BCUT2D eigenvalue weighted by molar-refractivity contribution is -0.130. The summed E-state index contributed by atoms with van der Waals surface area (Å²) in [5.74, 6) is 0.117. The Hall–Kier alpha value is -1.17. The van der Waals surface area contributed by atoms with Crippen LogP contribution in [-0.4, -0.2) is 29.7 Å². The maximum absolute atomic E-state index is 11.8. The minimum atomic E-state index is -1.19. The van der Waals surface area contributed by atoms with Crippen molar-refractivity contribution in [2.45, 2.75) is 52.7 Å². The maximum atomic E-state index is 11.8.